The van der Waals surface area contributed by atoms with E-state index in [0.29, 0.717) is 31.0 Å². The second-order valence-corrected chi connectivity index (χ2v) is 5.05. The Morgan fingerprint density at radius 1 is 1.42 bits per heavy atom. The Labute approximate surface area is 111 Å². The molecule has 6 heteroatoms. The fraction of sp³-hybridized carbons (Fsp3) is 0.615. The van der Waals surface area contributed by atoms with Crippen LogP contribution in [-0.2, 0) is 4.79 Å². The number of carboxylic acid groups (broad SMARTS) is 1. The van der Waals surface area contributed by atoms with Crippen molar-refractivity contribution in [2.45, 2.75) is 39.7 Å². The van der Waals surface area contributed by atoms with Gasteiger partial charge in [0.15, 0.2) is 5.89 Å². The lowest BCUT2D eigenvalue weighted by Gasteiger charge is -2.35. The van der Waals surface area contributed by atoms with Crippen LogP contribution in [0, 0.1) is 19.8 Å². The first-order chi connectivity index (χ1) is 8.90. The second kappa shape index (κ2) is 5.03. The average Bonchev–Trinajstić information content (AvgIpc) is 2.67. The lowest BCUT2D eigenvalue weighted by molar-refractivity contribution is -0.143. The number of aryl methyl sites for hydroxylation is 2. The molecule has 2 heterocycles. The van der Waals surface area contributed by atoms with Crippen molar-refractivity contribution in [2.75, 3.05) is 6.54 Å². The molecule has 1 fully saturated rings. The molecule has 2 atom stereocenters. The first-order valence-corrected chi connectivity index (χ1v) is 6.38. The first-order valence-electron chi connectivity index (χ1n) is 6.38. The van der Waals surface area contributed by atoms with Crippen molar-refractivity contribution in [2.24, 2.45) is 5.92 Å². The number of carbonyl (C=O) groups is 2. The zero-order chi connectivity index (χ0) is 14.2. The monoisotopic (exact) mass is 266 g/mol. The van der Waals surface area contributed by atoms with Crippen molar-refractivity contribution in [3.8, 4) is 0 Å². The molecular weight excluding hydrogens is 248 g/mol. The van der Waals surface area contributed by atoms with E-state index in [1.165, 1.54) is 0 Å². The molecule has 6 nitrogen and oxygen atoms in total. The molecule has 1 aliphatic heterocycles. The van der Waals surface area contributed by atoms with E-state index in [1.807, 2.05) is 6.92 Å². The van der Waals surface area contributed by atoms with Crippen LogP contribution < -0.4 is 0 Å². The lowest BCUT2D eigenvalue weighted by atomic mass is 9.91. The summed E-state index contributed by atoms with van der Waals surface area (Å²) in [4.78, 5) is 29.1. The minimum Gasteiger partial charge on any atom is -0.481 e. The van der Waals surface area contributed by atoms with E-state index in [-0.39, 0.29) is 23.6 Å². The predicted molar refractivity (Wildman–Crippen MR) is 66.8 cm³/mol. The summed E-state index contributed by atoms with van der Waals surface area (Å²) < 4.78 is 5.33. The summed E-state index contributed by atoms with van der Waals surface area (Å²) in [6.07, 6.45) is 0.963. The number of carbonyl (C=O) groups excluding carboxylic acids is 1. The van der Waals surface area contributed by atoms with E-state index >= 15 is 0 Å². The maximum absolute atomic E-state index is 12.4. The molecular formula is C13H18N2O4. The number of likely N-dealkylation sites (tertiary alicyclic amines) is 1. The molecule has 1 aromatic rings. The van der Waals surface area contributed by atoms with E-state index in [2.05, 4.69) is 4.98 Å². The van der Waals surface area contributed by atoms with Crippen LogP contribution in [0.2, 0.25) is 0 Å². The molecule has 1 aromatic heterocycles. The Morgan fingerprint density at radius 2 is 2.11 bits per heavy atom. The van der Waals surface area contributed by atoms with Gasteiger partial charge in [0.2, 0.25) is 5.76 Å². The van der Waals surface area contributed by atoms with Gasteiger partial charge in [-0.05, 0) is 26.7 Å². The van der Waals surface area contributed by atoms with E-state index in [0.717, 1.165) is 0 Å². The highest BCUT2D eigenvalue weighted by Crippen LogP contribution is 2.25. The fourth-order valence-electron chi connectivity index (χ4n) is 2.56. The quantitative estimate of drug-likeness (QED) is 0.879. The van der Waals surface area contributed by atoms with Crippen molar-refractivity contribution in [3.63, 3.8) is 0 Å². The van der Waals surface area contributed by atoms with Gasteiger partial charge in [-0.2, -0.15) is 0 Å². The Kier molecular flexibility index (Phi) is 3.59. The molecule has 0 aromatic carbocycles. The molecule has 19 heavy (non-hydrogen) atoms. The van der Waals surface area contributed by atoms with Crippen molar-refractivity contribution < 1.29 is 19.1 Å². The average molecular weight is 266 g/mol. The maximum Gasteiger partial charge on any atom is 0.306 e. The number of piperidine rings is 1. The molecule has 1 aliphatic rings. The number of amides is 1. The summed E-state index contributed by atoms with van der Waals surface area (Å²) >= 11 is 0. The Morgan fingerprint density at radius 3 is 2.58 bits per heavy atom. The van der Waals surface area contributed by atoms with Crippen LogP contribution in [-0.4, -0.2) is 39.5 Å². The minimum atomic E-state index is -0.786. The van der Waals surface area contributed by atoms with E-state index < -0.39 is 5.97 Å². The maximum atomic E-state index is 12.4. The van der Waals surface area contributed by atoms with E-state index in [9.17, 15) is 9.59 Å². The van der Waals surface area contributed by atoms with Crippen molar-refractivity contribution >= 4 is 11.9 Å². The van der Waals surface area contributed by atoms with E-state index in [1.54, 1.807) is 18.7 Å². The first kappa shape index (κ1) is 13.6. The Balaban J connectivity index is 2.13. The van der Waals surface area contributed by atoms with Crippen LogP contribution in [0.15, 0.2) is 4.42 Å². The van der Waals surface area contributed by atoms with Gasteiger partial charge in [-0.15, -0.1) is 0 Å². The summed E-state index contributed by atoms with van der Waals surface area (Å²) in [6.45, 7) is 5.74. The SMILES string of the molecule is Cc1nc(C)c(C(=O)N2CC[C@@H](C(=O)O)C[C@H]2C)o1. The standard InChI is InChI=1S/C13H18N2O4/c1-7-6-10(13(17)18)4-5-15(7)12(16)11-8(2)14-9(3)19-11/h7,10H,4-6H2,1-3H3,(H,17,18)/t7-,10-/m1/s1. The van der Waals surface area contributed by atoms with Gasteiger partial charge in [-0.1, -0.05) is 0 Å². The number of nitrogens with zero attached hydrogens (tertiary/aromatic N) is 2. The second-order valence-electron chi connectivity index (χ2n) is 5.05. The molecule has 104 valence electrons. The number of carboxylic acids is 1. The molecule has 0 unspecified atom stereocenters. The van der Waals surface area contributed by atoms with Gasteiger partial charge < -0.3 is 14.4 Å². The molecule has 0 saturated carbocycles. The van der Waals surface area contributed by atoms with E-state index in [4.69, 9.17) is 9.52 Å². The zero-order valence-corrected chi connectivity index (χ0v) is 11.3. The van der Waals surface area contributed by atoms with Crippen molar-refractivity contribution in [1.29, 1.82) is 0 Å². The van der Waals surface area contributed by atoms with Crippen molar-refractivity contribution in [3.05, 3.63) is 17.3 Å². The number of oxazole rings is 1. The largest absolute Gasteiger partial charge is 0.481 e. The summed E-state index contributed by atoms with van der Waals surface area (Å²) in [5.74, 6) is -0.622. The highest BCUT2D eigenvalue weighted by Gasteiger charge is 2.34. The van der Waals surface area contributed by atoms with Crippen molar-refractivity contribution in [1.82, 2.24) is 9.88 Å². The highest BCUT2D eigenvalue weighted by molar-refractivity contribution is 5.92. The molecule has 0 bridgehead atoms. The summed E-state index contributed by atoms with van der Waals surface area (Å²) in [5.41, 5.74) is 0.579. The van der Waals surface area contributed by atoms with Crippen LogP contribution >= 0.6 is 0 Å². The third-order valence-corrected chi connectivity index (χ3v) is 3.58. The molecule has 1 amide bonds. The molecule has 1 saturated heterocycles. The fourth-order valence-corrected chi connectivity index (χ4v) is 2.56. The Bertz CT molecular complexity index is 509. The van der Waals surface area contributed by atoms with Gasteiger partial charge in [-0.3, -0.25) is 9.59 Å². The summed E-state index contributed by atoms with van der Waals surface area (Å²) in [5, 5.41) is 9.01. The minimum absolute atomic E-state index is 0.104. The summed E-state index contributed by atoms with van der Waals surface area (Å²) in [7, 11) is 0. The zero-order valence-electron chi connectivity index (χ0n) is 11.3. The van der Waals surface area contributed by atoms with Gasteiger partial charge in [-0.25, -0.2) is 4.98 Å². The highest BCUT2D eigenvalue weighted by atomic mass is 16.4. The number of hydrogen-bond donors (Lipinski definition) is 1. The van der Waals surface area contributed by atoms with Gasteiger partial charge in [0, 0.05) is 19.5 Å². The molecule has 1 N–H and O–H groups in total. The summed E-state index contributed by atoms with van der Waals surface area (Å²) in [6, 6.07) is -0.104. The number of aliphatic carboxylic acids is 1. The number of rotatable bonds is 2. The Hall–Kier alpha value is -1.85. The van der Waals surface area contributed by atoms with Gasteiger partial charge >= 0.3 is 5.97 Å². The van der Waals surface area contributed by atoms with Crippen LogP contribution in [0.5, 0.6) is 0 Å². The number of aromatic nitrogens is 1. The van der Waals surface area contributed by atoms with Gasteiger partial charge in [0.1, 0.15) is 0 Å². The van der Waals surface area contributed by atoms with Crippen LogP contribution in [0.3, 0.4) is 0 Å². The molecule has 0 radical (unpaired) electrons. The molecule has 0 spiro atoms. The lowest BCUT2D eigenvalue weighted by Crippen LogP contribution is -2.46. The van der Waals surface area contributed by atoms with Crippen LogP contribution in [0.1, 0.15) is 41.9 Å². The van der Waals surface area contributed by atoms with Crippen LogP contribution in [0.25, 0.3) is 0 Å². The van der Waals surface area contributed by atoms with Crippen LogP contribution in [0.4, 0.5) is 0 Å². The molecule has 0 aliphatic carbocycles. The van der Waals surface area contributed by atoms with Gasteiger partial charge in [0.25, 0.3) is 5.91 Å². The molecule has 2 rings (SSSR count). The van der Waals surface area contributed by atoms with Gasteiger partial charge in [0.05, 0.1) is 11.6 Å². The normalized spacial score (nSPS) is 23.4. The third-order valence-electron chi connectivity index (χ3n) is 3.58. The third kappa shape index (κ3) is 2.62. The predicted octanol–water partition coefficient (Wildman–Crippen LogP) is 1.62. The number of hydrogen-bond acceptors (Lipinski definition) is 4. The topological polar surface area (TPSA) is 83.6 Å². The smallest absolute Gasteiger partial charge is 0.306 e.